The van der Waals surface area contributed by atoms with Crippen molar-refractivity contribution < 1.29 is 0 Å². The standard InChI is InChI=1S/C11H19N3S/c1-2-14-6-3-4-9(8-12)10(14)11-13-5-7-15-11/h5,7,9-10H,2-4,6,8,12H2,1H3. The molecule has 0 saturated carbocycles. The van der Waals surface area contributed by atoms with Gasteiger partial charge in [-0.3, -0.25) is 4.90 Å². The van der Waals surface area contributed by atoms with Gasteiger partial charge >= 0.3 is 0 Å². The third-order valence-electron chi connectivity index (χ3n) is 3.27. The zero-order valence-corrected chi connectivity index (χ0v) is 10.0. The van der Waals surface area contributed by atoms with Crippen LogP contribution in [0.25, 0.3) is 0 Å². The lowest BCUT2D eigenvalue weighted by atomic mass is 9.89. The van der Waals surface area contributed by atoms with Gasteiger partial charge in [-0.05, 0) is 38.4 Å². The van der Waals surface area contributed by atoms with Gasteiger partial charge < -0.3 is 5.73 Å². The molecule has 3 nitrogen and oxygen atoms in total. The third-order valence-corrected chi connectivity index (χ3v) is 4.12. The molecule has 4 heteroatoms. The minimum Gasteiger partial charge on any atom is -0.330 e. The lowest BCUT2D eigenvalue weighted by Gasteiger charge is -2.39. The SMILES string of the molecule is CCN1CCCC(CN)C1c1nccs1. The first kappa shape index (κ1) is 11.0. The van der Waals surface area contributed by atoms with Crippen LogP contribution in [0.2, 0.25) is 0 Å². The summed E-state index contributed by atoms with van der Waals surface area (Å²) in [6.07, 6.45) is 4.42. The van der Waals surface area contributed by atoms with Crippen molar-refractivity contribution in [3.8, 4) is 0 Å². The number of thiazole rings is 1. The fourth-order valence-corrected chi connectivity index (χ4v) is 3.36. The molecule has 2 unspecified atom stereocenters. The van der Waals surface area contributed by atoms with E-state index in [9.17, 15) is 0 Å². The highest BCUT2D eigenvalue weighted by atomic mass is 32.1. The van der Waals surface area contributed by atoms with Crippen LogP contribution in [0, 0.1) is 5.92 Å². The molecule has 1 aliphatic rings. The molecule has 0 aliphatic carbocycles. The molecule has 15 heavy (non-hydrogen) atoms. The van der Waals surface area contributed by atoms with Gasteiger partial charge in [-0.15, -0.1) is 11.3 Å². The fourth-order valence-electron chi connectivity index (χ4n) is 2.49. The van der Waals surface area contributed by atoms with Crippen molar-refractivity contribution in [3.05, 3.63) is 16.6 Å². The van der Waals surface area contributed by atoms with Crippen LogP contribution >= 0.6 is 11.3 Å². The second-order valence-electron chi connectivity index (χ2n) is 4.08. The van der Waals surface area contributed by atoms with E-state index in [1.807, 2.05) is 6.20 Å². The Bertz CT molecular complexity index is 274. The van der Waals surface area contributed by atoms with E-state index < -0.39 is 0 Å². The summed E-state index contributed by atoms with van der Waals surface area (Å²) in [5.41, 5.74) is 5.87. The molecule has 0 radical (unpaired) electrons. The Morgan fingerprint density at radius 3 is 3.13 bits per heavy atom. The molecule has 0 amide bonds. The van der Waals surface area contributed by atoms with Crippen LogP contribution in [0.1, 0.15) is 30.8 Å². The van der Waals surface area contributed by atoms with E-state index in [0.717, 1.165) is 13.1 Å². The number of nitrogens with zero attached hydrogens (tertiary/aromatic N) is 2. The van der Waals surface area contributed by atoms with Crippen LogP contribution in [-0.2, 0) is 0 Å². The van der Waals surface area contributed by atoms with Crippen molar-refractivity contribution in [2.45, 2.75) is 25.8 Å². The molecule has 2 rings (SSSR count). The summed E-state index contributed by atoms with van der Waals surface area (Å²) in [6.45, 7) is 5.29. The summed E-state index contributed by atoms with van der Waals surface area (Å²) in [5, 5.41) is 3.30. The van der Waals surface area contributed by atoms with Crippen molar-refractivity contribution in [1.29, 1.82) is 0 Å². The van der Waals surface area contributed by atoms with E-state index in [2.05, 4.69) is 22.2 Å². The van der Waals surface area contributed by atoms with Crippen molar-refractivity contribution in [2.24, 2.45) is 11.7 Å². The molecule has 1 saturated heterocycles. The summed E-state index contributed by atoms with van der Waals surface area (Å²) in [4.78, 5) is 6.97. The molecule has 2 atom stereocenters. The maximum Gasteiger partial charge on any atom is 0.110 e. The lowest BCUT2D eigenvalue weighted by molar-refractivity contribution is 0.102. The Morgan fingerprint density at radius 2 is 2.53 bits per heavy atom. The van der Waals surface area contributed by atoms with Gasteiger partial charge in [0.2, 0.25) is 0 Å². The quantitative estimate of drug-likeness (QED) is 0.854. The summed E-state index contributed by atoms with van der Waals surface area (Å²) >= 11 is 1.76. The molecule has 0 spiro atoms. The Hall–Kier alpha value is -0.450. The van der Waals surface area contributed by atoms with E-state index in [-0.39, 0.29) is 0 Å². The highest BCUT2D eigenvalue weighted by Gasteiger charge is 2.32. The van der Waals surface area contributed by atoms with Crippen molar-refractivity contribution in [3.63, 3.8) is 0 Å². The predicted octanol–water partition coefficient (Wildman–Crippen LogP) is 1.87. The Balaban J connectivity index is 2.20. The van der Waals surface area contributed by atoms with E-state index in [1.165, 1.54) is 24.4 Å². The van der Waals surface area contributed by atoms with Crippen LogP contribution in [0.3, 0.4) is 0 Å². The first-order chi connectivity index (χ1) is 7.36. The molecule has 1 aromatic heterocycles. The topological polar surface area (TPSA) is 42.1 Å². The lowest BCUT2D eigenvalue weighted by Crippen LogP contribution is -2.41. The van der Waals surface area contributed by atoms with Gasteiger partial charge in [-0.2, -0.15) is 0 Å². The van der Waals surface area contributed by atoms with Gasteiger partial charge in [0, 0.05) is 11.6 Å². The van der Waals surface area contributed by atoms with Gasteiger partial charge in [-0.25, -0.2) is 4.98 Å². The maximum atomic E-state index is 5.87. The molecule has 0 aromatic carbocycles. The van der Waals surface area contributed by atoms with E-state index >= 15 is 0 Å². The zero-order chi connectivity index (χ0) is 10.7. The van der Waals surface area contributed by atoms with E-state index in [1.54, 1.807) is 11.3 Å². The number of likely N-dealkylation sites (tertiary alicyclic amines) is 1. The van der Waals surface area contributed by atoms with Crippen LogP contribution in [0.15, 0.2) is 11.6 Å². The monoisotopic (exact) mass is 225 g/mol. The average molecular weight is 225 g/mol. The summed E-state index contributed by atoms with van der Waals surface area (Å²) in [5.74, 6) is 0.588. The smallest absolute Gasteiger partial charge is 0.110 e. The normalized spacial score (nSPS) is 28.1. The Morgan fingerprint density at radius 1 is 1.67 bits per heavy atom. The molecule has 1 aliphatic heterocycles. The highest BCUT2D eigenvalue weighted by molar-refractivity contribution is 7.09. The van der Waals surface area contributed by atoms with Crippen molar-refractivity contribution >= 4 is 11.3 Å². The molecule has 2 heterocycles. The summed E-state index contributed by atoms with van der Waals surface area (Å²) in [6, 6.07) is 0.466. The third kappa shape index (κ3) is 2.22. The second-order valence-corrected chi connectivity index (χ2v) is 5.01. The number of rotatable bonds is 3. The predicted molar refractivity (Wildman–Crippen MR) is 63.9 cm³/mol. The largest absolute Gasteiger partial charge is 0.330 e. The van der Waals surface area contributed by atoms with Gasteiger partial charge in [0.1, 0.15) is 5.01 Å². The molecule has 0 bridgehead atoms. The maximum absolute atomic E-state index is 5.87. The van der Waals surface area contributed by atoms with Gasteiger partial charge in [0.25, 0.3) is 0 Å². The molecule has 2 N–H and O–H groups in total. The first-order valence-electron chi connectivity index (χ1n) is 5.70. The van der Waals surface area contributed by atoms with Crippen LogP contribution < -0.4 is 5.73 Å². The number of hydrogen-bond acceptors (Lipinski definition) is 4. The Kier molecular flexibility index (Phi) is 3.72. The van der Waals surface area contributed by atoms with Gasteiger partial charge in [0.05, 0.1) is 6.04 Å². The van der Waals surface area contributed by atoms with Crippen LogP contribution in [-0.4, -0.2) is 29.5 Å². The molecule has 84 valence electrons. The number of piperidine rings is 1. The minimum atomic E-state index is 0.466. The Labute approximate surface area is 95.3 Å². The number of hydrogen-bond donors (Lipinski definition) is 1. The number of nitrogens with two attached hydrogens (primary N) is 1. The number of aromatic nitrogens is 1. The first-order valence-corrected chi connectivity index (χ1v) is 6.58. The highest BCUT2D eigenvalue weighted by Crippen LogP contribution is 2.35. The second kappa shape index (κ2) is 5.05. The van der Waals surface area contributed by atoms with Gasteiger partial charge in [0.15, 0.2) is 0 Å². The minimum absolute atomic E-state index is 0.466. The summed E-state index contributed by atoms with van der Waals surface area (Å²) < 4.78 is 0. The van der Waals surface area contributed by atoms with Gasteiger partial charge in [-0.1, -0.05) is 6.92 Å². The molecule has 1 aromatic rings. The molecular formula is C11H19N3S. The van der Waals surface area contributed by atoms with Crippen molar-refractivity contribution in [1.82, 2.24) is 9.88 Å². The average Bonchev–Trinajstić information content (AvgIpc) is 2.81. The molecular weight excluding hydrogens is 206 g/mol. The fraction of sp³-hybridized carbons (Fsp3) is 0.727. The summed E-state index contributed by atoms with van der Waals surface area (Å²) in [7, 11) is 0. The van der Waals surface area contributed by atoms with Crippen LogP contribution in [0.4, 0.5) is 0 Å². The van der Waals surface area contributed by atoms with Crippen LogP contribution in [0.5, 0.6) is 0 Å². The van der Waals surface area contributed by atoms with Crippen molar-refractivity contribution in [2.75, 3.05) is 19.6 Å². The van der Waals surface area contributed by atoms with E-state index in [0.29, 0.717) is 12.0 Å². The van der Waals surface area contributed by atoms with E-state index in [4.69, 9.17) is 5.73 Å². The zero-order valence-electron chi connectivity index (χ0n) is 9.22. The molecule has 1 fully saturated rings.